The minimum absolute atomic E-state index is 0.252. The van der Waals surface area contributed by atoms with Crippen LogP contribution in [0, 0.1) is 12.8 Å². The minimum Gasteiger partial charge on any atom is -0.327 e. The van der Waals surface area contributed by atoms with Crippen LogP contribution >= 0.6 is 11.6 Å². The summed E-state index contributed by atoms with van der Waals surface area (Å²) in [6.45, 7) is 5.06. The molecule has 0 amide bonds. The topological polar surface area (TPSA) is 29.3 Å². The molecule has 3 heteroatoms. The second-order valence-corrected chi connectivity index (χ2v) is 7.24. The molecule has 2 aromatic rings. The lowest BCUT2D eigenvalue weighted by Crippen LogP contribution is -2.47. The monoisotopic (exact) mass is 328 g/mol. The van der Waals surface area contributed by atoms with Gasteiger partial charge in [-0.15, -0.1) is 0 Å². The molecule has 0 aliphatic carbocycles. The van der Waals surface area contributed by atoms with E-state index in [1.165, 1.54) is 16.7 Å². The van der Waals surface area contributed by atoms with Crippen molar-refractivity contribution in [3.8, 4) is 0 Å². The van der Waals surface area contributed by atoms with Gasteiger partial charge in [0.05, 0.1) is 0 Å². The average Bonchev–Trinajstić information content (AvgIpc) is 2.51. The number of halogens is 1. The molecule has 0 bridgehead atoms. The van der Waals surface area contributed by atoms with Crippen molar-refractivity contribution in [2.24, 2.45) is 11.7 Å². The van der Waals surface area contributed by atoms with Crippen molar-refractivity contribution < 1.29 is 0 Å². The quantitative estimate of drug-likeness (QED) is 0.917. The van der Waals surface area contributed by atoms with Crippen LogP contribution in [-0.4, -0.2) is 24.0 Å². The molecule has 2 aromatic carbocycles. The molecule has 1 fully saturated rings. The molecule has 23 heavy (non-hydrogen) atoms. The van der Waals surface area contributed by atoms with E-state index in [0.717, 1.165) is 37.5 Å². The Morgan fingerprint density at radius 2 is 1.83 bits per heavy atom. The lowest BCUT2D eigenvalue weighted by Gasteiger charge is -2.36. The van der Waals surface area contributed by atoms with Gasteiger partial charge in [-0.2, -0.15) is 0 Å². The van der Waals surface area contributed by atoms with Crippen LogP contribution < -0.4 is 5.73 Å². The molecular formula is C20H25ClN2. The Morgan fingerprint density at radius 1 is 1.09 bits per heavy atom. The SMILES string of the molecule is Cc1ccc(CC2CC(N)CN(Cc3ccccc3Cl)C2)cc1. The molecule has 3 rings (SSSR count). The normalized spacial score (nSPS) is 22.2. The van der Waals surface area contributed by atoms with Crippen molar-refractivity contribution in [3.63, 3.8) is 0 Å². The van der Waals surface area contributed by atoms with Crippen molar-refractivity contribution >= 4 is 11.6 Å². The van der Waals surface area contributed by atoms with Crippen molar-refractivity contribution in [1.82, 2.24) is 4.90 Å². The van der Waals surface area contributed by atoms with Gasteiger partial charge in [-0.05, 0) is 42.9 Å². The molecular weight excluding hydrogens is 304 g/mol. The van der Waals surface area contributed by atoms with Crippen molar-refractivity contribution in [2.45, 2.75) is 32.4 Å². The number of hydrogen-bond donors (Lipinski definition) is 1. The van der Waals surface area contributed by atoms with Crippen LogP contribution in [0.2, 0.25) is 5.02 Å². The molecule has 0 spiro atoms. The summed E-state index contributed by atoms with van der Waals surface area (Å²) in [7, 11) is 0. The van der Waals surface area contributed by atoms with Crippen molar-refractivity contribution in [3.05, 3.63) is 70.2 Å². The Labute approximate surface area is 144 Å². The van der Waals surface area contributed by atoms with Crippen molar-refractivity contribution in [2.75, 3.05) is 13.1 Å². The number of aryl methyl sites for hydroxylation is 1. The summed E-state index contributed by atoms with van der Waals surface area (Å²) in [5.41, 5.74) is 10.2. The molecule has 122 valence electrons. The van der Waals surface area contributed by atoms with Gasteiger partial charge in [0.1, 0.15) is 0 Å². The maximum absolute atomic E-state index is 6.31. The number of nitrogens with zero attached hydrogens (tertiary/aromatic N) is 1. The fourth-order valence-corrected chi connectivity index (χ4v) is 3.75. The molecule has 2 atom stereocenters. The smallest absolute Gasteiger partial charge is 0.0451 e. The third kappa shape index (κ3) is 4.57. The van der Waals surface area contributed by atoms with E-state index >= 15 is 0 Å². The standard InChI is InChI=1S/C20H25ClN2/c1-15-6-8-16(9-7-15)10-17-11-19(22)14-23(12-17)13-18-4-2-3-5-20(18)21/h2-9,17,19H,10-14,22H2,1H3. The lowest BCUT2D eigenvalue weighted by atomic mass is 9.88. The van der Waals surface area contributed by atoms with E-state index < -0.39 is 0 Å². The summed E-state index contributed by atoms with van der Waals surface area (Å²) >= 11 is 6.30. The van der Waals surface area contributed by atoms with Gasteiger partial charge in [0.2, 0.25) is 0 Å². The van der Waals surface area contributed by atoms with Crippen molar-refractivity contribution in [1.29, 1.82) is 0 Å². The summed E-state index contributed by atoms with van der Waals surface area (Å²) in [5, 5.41) is 0.849. The largest absolute Gasteiger partial charge is 0.327 e. The van der Waals surface area contributed by atoms with Crippen LogP contribution in [0.4, 0.5) is 0 Å². The van der Waals surface area contributed by atoms with Gasteiger partial charge in [0.25, 0.3) is 0 Å². The van der Waals surface area contributed by atoms with E-state index in [0.29, 0.717) is 5.92 Å². The first-order chi connectivity index (χ1) is 11.1. The zero-order valence-corrected chi connectivity index (χ0v) is 14.5. The predicted molar refractivity (Wildman–Crippen MR) is 97.7 cm³/mol. The molecule has 1 aliphatic heterocycles. The number of benzene rings is 2. The van der Waals surface area contributed by atoms with E-state index in [-0.39, 0.29) is 6.04 Å². The van der Waals surface area contributed by atoms with Crippen LogP contribution in [0.3, 0.4) is 0 Å². The lowest BCUT2D eigenvalue weighted by molar-refractivity contribution is 0.149. The number of likely N-dealkylation sites (tertiary alicyclic amines) is 1. The van der Waals surface area contributed by atoms with Crippen LogP contribution in [0.25, 0.3) is 0 Å². The fraction of sp³-hybridized carbons (Fsp3) is 0.400. The van der Waals surface area contributed by atoms with Gasteiger partial charge >= 0.3 is 0 Å². The van der Waals surface area contributed by atoms with Gasteiger partial charge in [-0.1, -0.05) is 59.6 Å². The summed E-state index contributed by atoms with van der Waals surface area (Å²) in [6.07, 6.45) is 2.21. The van der Waals surface area contributed by atoms with E-state index in [4.69, 9.17) is 17.3 Å². The van der Waals surface area contributed by atoms with Crippen LogP contribution in [-0.2, 0) is 13.0 Å². The highest BCUT2D eigenvalue weighted by Crippen LogP contribution is 2.24. The van der Waals surface area contributed by atoms with Crippen LogP contribution in [0.5, 0.6) is 0 Å². The first-order valence-corrected chi connectivity index (χ1v) is 8.75. The predicted octanol–water partition coefficient (Wildman–Crippen LogP) is 4.04. The molecule has 1 saturated heterocycles. The zero-order valence-electron chi connectivity index (χ0n) is 13.7. The summed E-state index contributed by atoms with van der Waals surface area (Å²) in [6, 6.07) is 17.2. The first kappa shape index (κ1) is 16.5. The number of hydrogen-bond acceptors (Lipinski definition) is 2. The molecule has 0 radical (unpaired) electrons. The molecule has 2 N–H and O–H groups in total. The molecule has 0 aromatic heterocycles. The Morgan fingerprint density at radius 3 is 2.57 bits per heavy atom. The first-order valence-electron chi connectivity index (χ1n) is 8.37. The fourth-order valence-electron chi connectivity index (χ4n) is 3.55. The molecule has 1 aliphatic rings. The summed E-state index contributed by atoms with van der Waals surface area (Å²) in [4.78, 5) is 2.45. The van der Waals surface area contributed by atoms with Gasteiger partial charge in [0, 0.05) is 30.7 Å². The van der Waals surface area contributed by atoms with E-state index in [9.17, 15) is 0 Å². The van der Waals surface area contributed by atoms with E-state index in [1.807, 2.05) is 12.1 Å². The Kier molecular flexibility index (Phi) is 5.37. The Hall–Kier alpha value is -1.35. The van der Waals surface area contributed by atoms with E-state index in [1.54, 1.807) is 0 Å². The number of nitrogens with two attached hydrogens (primary N) is 1. The van der Waals surface area contributed by atoms with Gasteiger partial charge in [0.15, 0.2) is 0 Å². The highest BCUT2D eigenvalue weighted by Gasteiger charge is 2.25. The van der Waals surface area contributed by atoms with Gasteiger partial charge in [-0.3, -0.25) is 4.90 Å². The molecule has 2 unspecified atom stereocenters. The van der Waals surface area contributed by atoms with Gasteiger partial charge in [-0.25, -0.2) is 0 Å². The average molecular weight is 329 g/mol. The molecule has 2 nitrogen and oxygen atoms in total. The van der Waals surface area contributed by atoms with Crippen LogP contribution in [0.1, 0.15) is 23.1 Å². The van der Waals surface area contributed by atoms with E-state index in [2.05, 4.69) is 48.2 Å². The minimum atomic E-state index is 0.252. The highest BCUT2D eigenvalue weighted by molar-refractivity contribution is 6.31. The number of rotatable bonds is 4. The molecule has 1 heterocycles. The number of piperidine rings is 1. The van der Waals surface area contributed by atoms with Gasteiger partial charge < -0.3 is 5.73 Å². The Bertz CT molecular complexity index is 638. The highest BCUT2D eigenvalue weighted by atomic mass is 35.5. The second-order valence-electron chi connectivity index (χ2n) is 6.84. The Balaban J connectivity index is 1.64. The molecule has 0 saturated carbocycles. The zero-order chi connectivity index (χ0) is 16.2. The summed E-state index contributed by atoms with van der Waals surface area (Å²) < 4.78 is 0. The maximum Gasteiger partial charge on any atom is 0.0451 e. The van der Waals surface area contributed by atoms with Crippen LogP contribution in [0.15, 0.2) is 48.5 Å². The third-order valence-electron chi connectivity index (χ3n) is 4.64. The summed E-state index contributed by atoms with van der Waals surface area (Å²) in [5.74, 6) is 0.615. The maximum atomic E-state index is 6.31. The third-order valence-corrected chi connectivity index (χ3v) is 5.01. The second kappa shape index (κ2) is 7.48.